The second-order valence-corrected chi connectivity index (χ2v) is 5.75. The van der Waals surface area contributed by atoms with Crippen molar-refractivity contribution in [1.29, 1.82) is 0 Å². The SMILES string of the molecule is CCc1ccc(CC2CCCCC(NC)C2)cc1. The molecule has 1 aliphatic carbocycles. The molecule has 0 spiro atoms. The highest BCUT2D eigenvalue weighted by Crippen LogP contribution is 2.26. The smallest absolute Gasteiger partial charge is 0.00668 e. The van der Waals surface area contributed by atoms with Gasteiger partial charge in [0, 0.05) is 6.04 Å². The van der Waals surface area contributed by atoms with Crippen LogP contribution in [-0.4, -0.2) is 13.1 Å². The topological polar surface area (TPSA) is 12.0 Å². The molecular formula is C17H27N. The number of hydrogen-bond acceptors (Lipinski definition) is 1. The van der Waals surface area contributed by atoms with E-state index in [0.29, 0.717) is 0 Å². The largest absolute Gasteiger partial charge is 0.317 e. The van der Waals surface area contributed by atoms with Crippen molar-refractivity contribution in [3.8, 4) is 0 Å². The van der Waals surface area contributed by atoms with Crippen molar-refractivity contribution in [3.63, 3.8) is 0 Å². The average Bonchev–Trinajstić information content (AvgIpc) is 2.65. The average molecular weight is 245 g/mol. The zero-order valence-corrected chi connectivity index (χ0v) is 11.9. The number of aryl methyl sites for hydroxylation is 1. The van der Waals surface area contributed by atoms with E-state index in [9.17, 15) is 0 Å². The molecule has 100 valence electrons. The van der Waals surface area contributed by atoms with Crippen LogP contribution >= 0.6 is 0 Å². The van der Waals surface area contributed by atoms with Gasteiger partial charge in [-0.05, 0) is 49.8 Å². The van der Waals surface area contributed by atoms with Crippen molar-refractivity contribution in [3.05, 3.63) is 35.4 Å². The molecule has 1 saturated carbocycles. The molecule has 2 unspecified atom stereocenters. The summed E-state index contributed by atoms with van der Waals surface area (Å²) in [5.74, 6) is 0.873. The molecule has 1 nitrogen and oxygen atoms in total. The third-order valence-corrected chi connectivity index (χ3v) is 4.40. The molecule has 1 N–H and O–H groups in total. The lowest BCUT2D eigenvalue weighted by atomic mass is 9.90. The van der Waals surface area contributed by atoms with E-state index >= 15 is 0 Å². The van der Waals surface area contributed by atoms with Crippen molar-refractivity contribution in [1.82, 2.24) is 5.32 Å². The molecule has 0 heterocycles. The Hall–Kier alpha value is -0.820. The van der Waals surface area contributed by atoms with Crippen LogP contribution < -0.4 is 5.32 Å². The van der Waals surface area contributed by atoms with E-state index < -0.39 is 0 Å². The van der Waals surface area contributed by atoms with Crippen molar-refractivity contribution in [2.75, 3.05) is 7.05 Å². The van der Waals surface area contributed by atoms with Crippen LogP contribution in [0.25, 0.3) is 0 Å². The summed E-state index contributed by atoms with van der Waals surface area (Å²) in [6.07, 6.45) is 9.35. The monoisotopic (exact) mass is 245 g/mol. The standard InChI is InChI=1S/C17H27N/c1-3-14-8-10-15(11-9-14)12-16-6-4-5-7-17(13-16)18-2/h8-11,16-18H,3-7,12-13H2,1-2H3. The minimum atomic E-state index is 0.743. The molecule has 1 heteroatoms. The van der Waals surface area contributed by atoms with Crippen molar-refractivity contribution in [2.45, 2.75) is 57.9 Å². The summed E-state index contributed by atoms with van der Waals surface area (Å²) in [6, 6.07) is 9.99. The molecule has 1 fully saturated rings. The summed E-state index contributed by atoms with van der Waals surface area (Å²) in [5, 5.41) is 3.48. The van der Waals surface area contributed by atoms with Gasteiger partial charge in [-0.2, -0.15) is 0 Å². The first kappa shape index (κ1) is 13.6. The predicted octanol–water partition coefficient (Wildman–Crippen LogP) is 3.96. The van der Waals surface area contributed by atoms with Crippen LogP contribution in [0.3, 0.4) is 0 Å². The maximum atomic E-state index is 3.48. The molecule has 0 aliphatic heterocycles. The summed E-state index contributed by atoms with van der Waals surface area (Å²) < 4.78 is 0. The highest BCUT2D eigenvalue weighted by Gasteiger charge is 2.19. The van der Waals surface area contributed by atoms with Gasteiger partial charge in [-0.25, -0.2) is 0 Å². The van der Waals surface area contributed by atoms with Crippen LogP contribution in [-0.2, 0) is 12.8 Å². The fraction of sp³-hybridized carbons (Fsp3) is 0.647. The van der Waals surface area contributed by atoms with E-state index in [1.165, 1.54) is 49.7 Å². The Morgan fingerprint density at radius 3 is 2.39 bits per heavy atom. The number of nitrogens with one attached hydrogen (secondary N) is 1. The normalized spacial score (nSPS) is 24.8. The van der Waals surface area contributed by atoms with E-state index in [1.807, 2.05) is 0 Å². The maximum Gasteiger partial charge on any atom is 0.00668 e. The summed E-state index contributed by atoms with van der Waals surface area (Å²) in [4.78, 5) is 0. The maximum absolute atomic E-state index is 3.48. The minimum Gasteiger partial charge on any atom is -0.317 e. The van der Waals surface area contributed by atoms with Gasteiger partial charge in [0.25, 0.3) is 0 Å². The lowest BCUT2D eigenvalue weighted by Crippen LogP contribution is -2.26. The van der Waals surface area contributed by atoms with Gasteiger partial charge in [0.1, 0.15) is 0 Å². The van der Waals surface area contributed by atoms with Crippen LogP contribution in [0.5, 0.6) is 0 Å². The number of hydrogen-bond donors (Lipinski definition) is 1. The highest BCUT2D eigenvalue weighted by atomic mass is 14.9. The Labute approximate surface area is 112 Å². The Bertz CT molecular complexity index is 341. The van der Waals surface area contributed by atoms with E-state index in [0.717, 1.165) is 18.4 Å². The lowest BCUT2D eigenvalue weighted by Gasteiger charge is -2.19. The zero-order valence-electron chi connectivity index (χ0n) is 11.9. The van der Waals surface area contributed by atoms with Gasteiger partial charge in [-0.3, -0.25) is 0 Å². The van der Waals surface area contributed by atoms with Gasteiger partial charge in [-0.15, -0.1) is 0 Å². The molecule has 2 rings (SSSR count). The van der Waals surface area contributed by atoms with Crippen molar-refractivity contribution >= 4 is 0 Å². The molecule has 2 atom stereocenters. The van der Waals surface area contributed by atoms with E-state index in [1.54, 1.807) is 0 Å². The molecular weight excluding hydrogens is 218 g/mol. The summed E-state index contributed by atoms with van der Waals surface area (Å²) in [5.41, 5.74) is 2.97. The molecule has 1 aromatic carbocycles. The molecule has 1 aromatic rings. The second-order valence-electron chi connectivity index (χ2n) is 5.75. The summed E-state index contributed by atoms with van der Waals surface area (Å²) in [6.45, 7) is 2.22. The number of rotatable bonds is 4. The molecule has 18 heavy (non-hydrogen) atoms. The van der Waals surface area contributed by atoms with Gasteiger partial charge < -0.3 is 5.32 Å². The van der Waals surface area contributed by atoms with Gasteiger partial charge >= 0.3 is 0 Å². The van der Waals surface area contributed by atoms with Crippen LogP contribution in [0.2, 0.25) is 0 Å². The van der Waals surface area contributed by atoms with Crippen LogP contribution in [0.4, 0.5) is 0 Å². The Morgan fingerprint density at radius 2 is 1.72 bits per heavy atom. The third kappa shape index (κ3) is 3.84. The Balaban J connectivity index is 1.93. The van der Waals surface area contributed by atoms with Crippen LogP contribution in [0, 0.1) is 5.92 Å². The van der Waals surface area contributed by atoms with E-state index in [-0.39, 0.29) is 0 Å². The molecule has 0 aromatic heterocycles. The van der Waals surface area contributed by atoms with Gasteiger partial charge in [-0.1, -0.05) is 50.5 Å². The first-order valence-corrected chi connectivity index (χ1v) is 7.57. The zero-order chi connectivity index (χ0) is 12.8. The molecule has 0 bridgehead atoms. The van der Waals surface area contributed by atoms with Crippen LogP contribution in [0.1, 0.15) is 50.2 Å². The third-order valence-electron chi connectivity index (χ3n) is 4.40. The first-order valence-electron chi connectivity index (χ1n) is 7.57. The summed E-state index contributed by atoms with van der Waals surface area (Å²) >= 11 is 0. The molecule has 0 radical (unpaired) electrons. The molecule has 0 saturated heterocycles. The molecule has 0 amide bonds. The fourth-order valence-electron chi connectivity index (χ4n) is 3.15. The quantitative estimate of drug-likeness (QED) is 0.792. The van der Waals surface area contributed by atoms with Crippen molar-refractivity contribution in [2.24, 2.45) is 5.92 Å². The highest BCUT2D eigenvalue weighted by molar-refractivity contribution is 5.22. The molecule has 1 aliphatic rings. The lowest BCUT2D eigenvalue weighted by molar-refractivity contribution is 0.400. The van der Waals surface area contributed by atoms with Crippen molar-refractivity contribution < 1.29 is 0 Å². The van der Waals surface area contributed by atoms with Crippen LogP contribution in [0.15, 0.2) is 24.3 Å². The van der Waals surface area contributed by atoms with Gasteiger partial charge in [0.05, 0.1) is 0 Å². The Morgan fingerprint density at radius 1 is 1.06 bits per heavy atom. The predicted molar refractivity (Wildman–Crippen MR) is 78.9 cm³/mol. The fourth-order valence-corrected chi connectivity index (χ4v) is 3.15. The van der Waals surface area contributed by atoms with Gasteiger partial charge in [0.2, 0.25) is 0 Å². The number of benzene rings is 1. The Kier molecular flexibility index (Phi) is 5.25. The second kappa shape index (κ2) is 6.94. The first-order chi connectivity index (χ1) is 8.81. The van der Waals surface area contributed by atoms with E-state index in [2.05, 4.69) is 43.6 Å². The minimum absolute atomic E-state index is 0.743. The summed E-state index contributed by atoms with van der Waals surface area (Å²) in [7, 11) is 2.11. The van der Waals surface area contributed by atoms with E-state index in [4.69, 9.17) is 0 Å². The van der Waals surface area contributed by atoms with Gasteiger partial charge in [0.15, 0.2) is 0 Å².